The molecule has 112 valence electrons. The highest BCUT2D eigenvalue weighted by atomic mass is 16.3. The van der Waals surface area contributed by atoms with Gasteiger partial charge in [-0.3, -0.25) is 4.79 Å². The lowest BCUT2D eigenvalue weighted by molar-refractivity contribution is 0.103. The average Bonchev–Trinajstić information content (AvgIpc) is 2.94. The number of ketones is 1. The number of hydrogen-bond donors (Lipinski definition) is 1. The molecule has 0 atom stereocenters. The highest BCUT2D eigenvalue weighted by Crippen LogP contribution is 2.29. The Morgan fingerprint density at radius 3 is 2.39 bits per heavy atom. The molecule has 0 aliphatic heterocycles. The van der Waals surface area contributed by atoms with Crippen LogP contribution in [0.1, 0.15) is 21.5 Å². The Kier molecular flexibility index (Phi) is 2.95. The molecule has 0 aliphatic carbocycles. The standard InChI is InChI=1S/C20H15NO2/c1-12-6-7-13(10-17(12)21)20(22)14-8-9-16-15-4-2-3-5-18(15)23-19(16)11-14/h2-11H,21H2,1H3. The van der Waals surface area contributed by atoms with E-state index in [4.69, 9.17) is 10.2 Å². The molecule has 0 radical (unpaired) electrons. The second kappa shape index (κ2) is 4.99. The van der Waals surface area contributed by atoms with Crippen LogP contribution in [0.15, 0.2) is 65.1 Å². The van der Waals surface area contributed by atoms with Crippen LogP contribution in [0.25, 0.3) is 21.9 Å². The van der Waals surface area contributed by atoms with Gasteiger partial charge >= 0.3 is 0 Å². The molecule has 3 nitrogen and oxygen atoms in total. The molecule has 0 unspecified atom stereocenters. The third-order valence-corrected chi connectivity index (χ3v) is 4.18. The Morgan fingerprint density at radius 2 is 1.57 bits per heavy atom. The van der Waals surface area contributed by atoms with Gasteiger partial charge in [-0.25, -0.2) is 0 Å². The zero-order valence-corrected chi connectivity index (χ0v) is 12.7. The molecule has 0 fully saturated rings. The number of nitrogens with two attached hydrogens (primary N) is 1. The maximum atomic E-state index is 12.7. The first-order valence-corrected chi connectivity index (χ1v) is 7.45. The van der Waals surface area contributed by atoms with Crippen molar-refractivity contribution in [2.45, 2.75) is 6.92 Å². The van der Waals surface area contributed by atoms with Crippen molar-refractivity contribution < 1.29 is 9.21 Å². The number of benzene rings is 3. The topological polar surface area (TPSA) is 56.2 Å². The quantitative estimate of drug-likeness (QED) is 0.431. The van der Waals surface area contributed by atoms with Crippen LogP contribution in [0.5, 0.6) is 0 Å². The molecule has 2 N–H and O–H groups in total. The van der Waals surface area contributed by atoms with Crippen LogP contribution in [-0.4, -0.2) is 5.78 Å². The lowest BCUT2D eigenvalue weighted by Gasteiger charge is -2.04. The molecule has 0 spiro atoms. The van der Waals surface area contributed by atoms with Crippen LogP contribution in [0, 0.1) is 6.92 Å². The first kappa shape index (κ1) is 13.6. The monoisotopic (exact) mass is 301 g/mol. The lowest BCUT2D eigenvalue weighted by Crippen LogP contribution is -2.02. The third kappa shape index (κ3) is 2.18. The summed E-state index contributed by atoms with van der Waals surface area (Å²) in [7, 11) is 0. The van der Waals surface area contributed by atoms with E-state index in [1.807, 2.05) is 49.4 Å². The summed E-state index contributed by atoms with van der Waals surface area (Å²) in [5.41, 5.74) is 10.2. The predicted octanol–water partition coefficient (Wildman–Crippen LogP) is 4.71. The van der Waals surface area contributed by atoms with E-state index in [0.29, 0.717) is 16.8 Å². The summed E-state index contributed by atoms with van der Waals surface area (Å²) in [6, 6.07) is 18.8. The number of carbonyl (C=O) groups is 1. The number of para-hydroxylation sites is 1. The molecule has 23 heavy (non-hydrogen) atoms. The van der Waals surface area contributed by atoms with Gasteiger partial charge in [-0.15, -0.1) is 0 Å². The van der Waals surface area contributed by atoms with E-state index >= 15 is 0 Å². The fourth-order valence-corrected chi connectivity index (χ4v) is 2.82. The van der Waals surface area contributed by atoms with E-state index in [9.17, 15) is 4.79 Å². The molecule has 1 heterocycles. The minimum absolute atomic E-state index is 0.0564. The van der Waals surface area contributed by atoms with Gasteiger partial charge in [-0.2, -0.15) is 0 Å². The Labute approximate surface area is 133 Å². The van der Waals surface area contributed by atoms with E-state index in [1.54, 1.807) is 18.2 Å². The molecular formula is C20H15NO2. The first-order valence-electron chi connectivity index (χ1n) is 7.45. The summed E-state index contributed by atoms with van der Waals surface area (Å²) < 4.78 is 5.85. The van der Waals surface area contributed by atoms with Crippen LogP contribution < -0.4 is 5.73 Å². The van der Waals surface area contributed by atoms with Crippen LogP contribution in [-0.2, 0) is 0 Å². The van der Waals surface area contributed by atoms with Crippen LogP contribution in [0.2, 0.25) is 0 Å². The minimum atomic E-state index is -0.0564. The maximum Gasteiger partial charge on any atom is 0.193 e. The van der Waals surface area contributed by atoms with Crippen molar-refractivity contribution >= 4 is 33.4 Å². The number of carbonyl (C=O) groups excluding carboxylic acids is 1. The largest absolute Gasteiger partial charge is 0.456 e. The molecule has 0 aliphatic rings. The molecule has 4 aromatic rings. The summed E-state index contributed by atoms with van der Waals surface area (Å²) in [5, 5.41) is 2.07. The van der Waals surface area contributed by atoms with Gasteiger partial charge < -0.3 is 10.2 Å². The van der Waals surface area contributed by atoms with E-state index < -0.39 is 0 Å². The Balaban J connectivity index is 1.83. The van der Waals surface area contributed by atoms with Crippen molar-refractivity contribution in [1.29, 1.82) is 0 Å². The number of anilines is 1. The molecule has 3 aromatic carbocycles. The summed E-state index contributed by atoms with van der Waals surface area (Å²) in [6.07, 6.45) is 0. The Hall–Kier alpha value is -3.07. The number of furan rings is 1. The van der Waals surface area contributed by atoms with Gasteiger partial charge in [0, 0.05) is 27.6 Å². The Morgan fingerprint density at radius 1 is 0.870 bits per heavy atom. The predicted molar refractivity (Wildman–Crippen MR) is 92.7 cm³/mol. The second-order valence-electron chi connectivity index (χ2n) is 5.71. The fraction of sp³-hybridized carbons (Fsp3) is 0.0500. The molecule has 0 saturated carbocycles. The normalized spacial score (nSPS) is 11.2. The van der Waals surface area contributed by atoms with Crippen molar-refractivity contribution in [2.24, 2.45) is 0 Å². The SMILES string of the molecule is Cc1ccc(C(=O)c2ccc3c(c2)oc2ccccc23)cc1N. The first-order chi connectivity index (χ1) is 11.1. The van der Waals surface area contributed by atoms with Crippen molar-refractivity contribution in [3.8, 4) is 0 Å². The zero-order valence-electron chi connectivity index (χ0n) is 12.7. The summed E-state index contributed by atoms with van der Waals surface area (Å²) in [4.78, 5) is 12.7. The smallest absolute Gasteiger partial charge is 0.193 e. The highest BCUT2D eigenvalue weighted by molar-refractivity contribution is 6.13. The molecule has 0 saturated heterocycles. The number of hydrogen-bond acceptors (Lipinski definition) is 3. The van der Waals surface area contributed by atoms with Gasteiger partial charge in [0.1, 0.15) is 11.2 Å². The van der Waals surface area contributed by atoms with Crippen LogP contribution in [0.3, 0.4) is 0 Å². The summed E-state index contributed by atoms with van der Waals surface area (Å²) in [5.74, 6) is -0.0564. The van der Waals surface area contributed by atoms with Crippen LogP contribution >= 0.6 is 0 Å². The molecule has 3 heteroatoms. The summed E-state index contributed by atoms with van der Waals surface area (Å²) in [6.45, 7) is 1.92. The van der Waals surface area contributed by atoms with Crippen molar-refractivity contribution in [3.63, 3.8) is 0 Å². The Bertz CT molecular complexity index is 1060. The van der Waals surface area contributed by atoms with Gasteiger partial charge in [0.05, 0.1) is 0 Å². The minimum Gasteiger partial charge on any atom is -0.456 e. The zero-order chi connectivity index (χ0) is 16.0. The number of aryl methyl sites for hydroxylation is 1. The van der Waals surface area contributed by atoms with E-state index in [0.717, 1.165) is 27.5 Å². The molecule has 0 bridgehead atoms. The van der Waals surface area contributed by atoms with Crippen molar-refractivity contribution in [1.82, 2.24) is 0 Å². The van der Waals surface area contributed by atoms with E-state index in [-0.39, 0.29) is 5.78 Å². The van der Waals surface area contributed by atoms with Gasteiger partial charge in [-0.1, -0.05) is 36.4 Å². The lowest BCUT2D eigenvalue weighted by atomic mass is 10.00. The molecule has 4 rings (SSSR count). The van der Waals surface area contributed by atoms with Crippen molar-refractivity contribution in [3.05, 3.63) is 77.4 Å². The highest BCUT2D eigenvalue weighted by Gasteiger charge is 2.13. The molecule has 1 aromatic heterocycles. The van der Waals surface area contributed by atoms with Gasteiger partial charge in [0.25, 0.3) is 0 Å². The number of fused-ring (bicyclic) bond motifs is 3. The van der Waals surface area contributed by atoms with Gasteiger partial charge in [0.15, 0.2) is 5.78 Å². The molecular weight excluding hydrogens is 286 g/mol. The van der Waals surface area contributed by atoms with E-state index in [2.05, 4.69) is 0 Å². The number of rotatable bonds is 2. The van der Waals surface area contributed by atoms with Crippen LogP contribution in [0.4, 0.5) is 5.69 Å². The van der Waals surface area contributed by atoms with Gasteiger partial charge in [0.2, 0.25) is 0 Å². The summed E-state index contributed by atoms with van der Waals surface area (Å²) >= 11 is 0. The van der Waals surface area contributed by atoms with Gasteiger partial charge in [-0.05, 0) is 36.8 Å². The third-order valence-electron chi connectivity index (χ3n) is 4.18. The molecule has 0 amide bonds. The van der Waals surface area contributed by atoms with Crippen molar-refractivity contribution in [2.75, 3.05) is 5.73 Å². The fourth-order valence-electron chi connectivity index (χ4n) is 2.82. The van der Waals surface area contributed by atoms with E-state index in [1.165, 1.54) is 0 Å². The maximum absolute atomic E-state index is 12.7. The number of nitrogen functional groups attached to an aromatic ring is 1. The second-order valence-corrected chi connectivity index (χ2v) is 5.71. The average molecular weight is 301 g/mol.